The summed E-state index contributed by atoms with van der Waals surface area (Å²) in [5.74, 6) is -0.353. The van der Waals surface area contributed by atoms with E-state index in [4.69, 9.17) is 4.74 Å². The molecule has 1 aromatic carbocycles. The van der Waals surface area contributed by atoms with E-state index in [2.05, 4.69) is 0 Å². The number of aliphatic hydroxyl groups excluding tert-OH is 1. The van der Waals surface area contributed by atoms with Gasteiger partial charge in [0.25, 0.3) is 0 Å². The second kappa shape index (κ2) is 3.77. The Morgan fingerprint density at radius 2 is 2.00 bits per heavy atom. The van der Waals surface area contributed by atoms with Crippen LogP contribution >= 0.6 is 0 Å². The van der Waals surface area contributed by atoms with Gasteiger partial charge in [-0.2, -0.15) is 0 Å². The zero-order valence-electron chi connectivity index (χ0n) is 8.49. The summed E-state index contributed by atoms with van der Waals surface area (Å²) >= 11 is 0. The predicted molar refractivity (Wildman–Crippen MR) is 55.5 cm³/mol. The minimum absolute atomic E-state index is 0.0139. The number of cyclic esters (lactones) is 1. The predicted octanol–water partition coefficient (Wildman–Crippen LogP) is 1.91. The molecule has 0 unspecified atom stereocenters. The molecule has 78 valence electrons. The third-order valence-corrected chi connectivity index (χ3v) is 2.44. The molecule has 1 aliphatic rings. The van der Waals surface area contributed by atoms with Gasteiger partial charge in [-0.3, -0.25) is 0 Å². The summed E-state index contributed by atoms with van der Waals surface area (Å²) in [5.41, 5.74) is 2.55. The van der Waals surface area contributed by atoms with Gasteiger partial charge in [-0.25, -0.2) is 4.79 Å². The van der Waals surface area contributed by atoms with E-state index in [0.717, 1.165) is 5.56 Å². The Morgan fingerprint density at radius 3 is 2.53 bits per heavy atom. The summed E-state index contributed by atoms with van der Waals surface area (Å²) in [5, 5.41) is 9.41. The first kappa shape index (κ1) is 9.77. The van der Waals surface area contributed by atoms with Crippen LogP contribution in [-0.4, -0.2) is 17.7 Å². The Kier molecular flexibility index (Phi) is 2.46. The van der Waals surface area contributed by atoms with Gasteiger partial charge in [0.15, 0.2) is 0 Å². The van der Waals surface area contributed by atoms with Crippen molar-refractivity contribution in [3.63, 3.8) is 0 Å². The highest BCUT2D eigenvalue weighted by atomic mass is 16.5. The summed E-state index contributed by atoms with van der Waals surface area (Å²) in [6.45, 7) is 2.02. The highest BCUT2D eigenvalue weighted by Crippen LogP contribution is 2.18. The maximum atomic E-state index is 11.2. The molecule has 3 heteroatoms. The molecule has 0 fully saturated rings. The van der Waals surface area contributed by atoms with Crippen molar-refractivity contribution in [1.82, 2.24) is 0 Å². The molecule has 0 saturated heterocycles. The maximum absolute atomic E-state index is 11.2. The fourth-order valence-electron chi connectivity index (χ4n) is 1.51. The number of aliphatic hydroxyl groups is 1. The number of rotatable bonds is 2. The van der Waals surface area contributed by atoms with E-state index in [9.17, 15) is 9.90 Å². The summed E-state index contributed by atoms with van der Waals surface area (Å²) in [6.07, 6.45) is 0.435. The van der Waals surface area contributed by atoms with E-state index in [-0.39, 0.29) is 12.4 Å². The van der Waals surface area contributed by atoms with E-state index in [1.807, 2.05) is 31.2 Å². The topological polar surface area (TPSA) is 46.5 Å². The van der Waals surface area contributed by atoms with Crippen LogP contribution in [0.3, 0.4) is 0 Å². The smallest absolute Gasteiger partial charge is 0.338 e. The third kappa shape index (κ3) is 2.01. The molecular weight excluding hydrogens is 192 g/mol. The van der Waals surface area contributed by atoms with Crippen molar-refractivity contribution in [2.24, 2.45) is 0 Å². The lowest BCUT2D eigenvalue weighted by Gasteiger charge is -2.01. The quantitative estimate of drug-likeness (QED) is 0.748. The second-order valence-corrected chi connectivity index (χ2v) is 3.66. The van der Waals surface area contributed by atoms with Crippen molar-refractivity contribution in [3.8, 4) is 0 Å². The summed E-state index contributed by atoms with van der Waals surface area (Å²) in [7, 11) is 0. The van der Waals surface area contributed by atoms with Crippen LogP contribution in [0.4, 0.5) is 0 Å². The molecule has 0 aromatic heterocycles. The molecule has 0 radical (unpaired) electrons. The summed E-state index contributed by atoms with van der Waals surface area (Å²) in [4.78, 5) is 11.2. The maximum Gasteiger partial charge on any atom is 0.338 e. The number of carbonyl (C=O) groups is 1. The molecule has 1 aliphatic heterocycles. The Morgan fingerprint density at radius 1 is 1.33 bits per heavy atom. The van der Waals surface area contributed by atoms with Crippen LogP contribution in [0.2, 0.25) is 0 Å². The molecule has 0 spiro atoms. The molecule has 1 heterocycles. The fourth-order valence-corrected chi connectivity index (χ4v) is 1.51. The van der Waals surface area contributed by atoms with Gasteiger partial charge >= 0.3 is 5.97 Å². The molecule has 0 atom stereocenters. The Balaban J connectivity index is 2.19. The first-order valence-corrected chi connectivity index (χ1v) is 4.80. The van der Waals surface area contributed by atoms with Gasteiger partial charge in [0.2, 0.25) is 0 Å². The number of aryl methyl sites for hydroxylation is 1. The van der Waals surface area contributed by atoms with E-state index < -0.39 is 5.97 Å². The average molecular weight is 204 g/mol. The lowest BCUT2D eigenvalue weighted by Crippen LogP contribution is -2.02. The highest BCUT2D eigenvalue weighted by molar-refractivity contribution is 5.91. The van der Waals surface area contributed by atoms with Crippen molar-refractivity contribution < 1.29 is 14.6 Å². The summed E-state index contributed by atoms with van der Waals surface area (Å²) < 4.78 is 4.71. The molecule has 2 rings (SSSR count). The van der Waals surface area contributed by atoms with E-state index >= 15 is 0 Å². The van der Waals surface area contributed by atoms with Gasteiger partial charge in [-0.15, -0.1) is 0 Å². The van der Waals surface area contributed by atoms with Crippen LogP contribution in [-0.2, 0) is 16.0 Å². The number of ether oxygens (including phenoxy) is 1. The Labute approximate surface area is 88.0 Å². The molecule has 0 amide bonds. The van der Waals surface area contributed by atoms with Gasteiger partial charge in [0, 0.05) is 6.42 Å². The van der Waals surface area contributed by atoms with Crippen molar-refractivity contribution in [2.75, 3.05) is 6.61 Å². The van der Waals surface area contributed by atoms with Crippen LogP contribution in [0, 0.1) is 6.92 Å². The SMILES string of the molecule is Cc1ccc(CC2=C(O)COC2=O)cc1. The van der Waals surface area contributed by atoms with Gasteiger partial charge in [-0.05, 0) is 12.5 Å². The second-order valence-electron chi connectivity index (χ2n) is 3.66. The number of carbonyl (C=O) groups excluding carboxylic acids is 1. The monoisotopic (exact) mass is 204 g/mol. The van der Waals surface area contributed by atoms with E-state index in [1.54, 1.807) is 0 Å². The molecule has 0 bridgehead atoms. The molecule has 3 nitrogen and oxygen atoms in total. The average Bonchev–Trinajstić information content (AvgIpc) is 2.53. The molecule has 1 N–H and O–H groups in total. The van der Waals surface area contributed by atoms with E-state index in [1.165, 1.54) is 5.56 Å². The lowest BCUT2D eigenvalue weighted by molar-refractivity contribution is -0.136. The van der Waals surface area contributed by atoms with Gasteiger partial charge in [-0.1, -0.05) is 29.8 Å². The number of benzene rings is 1. The molecule has 0 aliphatic carbocycles. The van der Waals surface area contributed by atoms with Crippen LogP contribution in [0.15, 0.2) is 35.6 Å². The van der Waals surface area contributed by atoms with Crippen molar-refractivity contribution in [3.05, 3.63) is 46.7 Å². The first-order valence-electron chi connectivity index (χ1n) is 4.80. The molecule has 15 heavy (non-hydrogen) atoms. The van der Waals surface area contributed by atoms with Crippen molar-refractivity contribution in [1.29, 1.82) is 0 Å². The minimum atomic E-state index is -0.409. The minimum Gasteiger partial charge on any atom is -0.508 e. The van der Waals surface area contributed by atoms with Gasteiger partial charge in [0.1, 0.15) is 12.4 Å². The molecule has 1 aromatic rings. The van der Waals surface area contributed by atoms with Gasteiger partial charge < -0.3 is 9.84 Å². The van der Waals surface area contributed by atoms with E-state index in [0.29, 0.717) is 12.0 Å². The lowest BCUT2D eigenvalue weighted by atomic mass is 10.0. The number of hydrogen-bond acceptors (Lipinski definition) is 3. The highest BCUT2D eigenvalue weighted by Gasteiger charge is 2.24. The van der Waals surface area contributed by atoms with Crippen LogP contribution < -0.4 is 0 Å². The molecular formula is C12H12O3. The van der Waals surface area contributed by atoms with Crippen LogP contribution in [0.5, 0.6) is 0 Å². The number of esters is 1. The van der Waals surface area contributed by atoms with Crippen molar-refractivity contribution in [2.45, 2.75) is 13.3 Å². The standard InChI is InChI=1S/C12H12O3/c1-8-2-4-9(5-3-8)6-10-11(13)7-15-12(10)14/h2-5,13H,6-7H2,1H3. The zero-order chi connectivity index (χ0) is 10.8. The number of hydrogen-bond donors (Lipinski definition) is 1. The molecule has 0 saturated carbocycles. The van der Waals surface area contributed by atoms with Crippen molar-refractivity contribution >= 4 is 5.97 Å². The van der Waals surface area contributed by atoms with Crippen LogP contribution in [0.25, 0.3) is 0 Å². The Hall–Kier alpha value is -1.77. The zero-order valence-corrected chi connectivity index (χ0v) is 8.49. The summed E-state index contributed by atoms with van der Waals surface area (Å²) in [6, 6.07) is 7.85. The first-order chi connectivity index (χ1) is 7.16. The van der Waals surface area contributed by atoms with Crippen LogP contribution in [0.1, 0.15) is 11.1 Å². The van der Waals surface area contributed by atoms with Gasteiger partial charge in [0.05, 0.1) is 5.57 Å². The third-order valence-electron chi connectivity index (χ3n) is 2.44. The largest absolute Gasteiger partial charge is 0.508 e. The normalized spacial score (nSPS) is 15.7. The fraction of sp³-hybridized carbons (Fsp3) is 0.250. The Bertz CT molecular complexity index is 415.